The number of rotatable bonds is 5. The molecule has 20 heavy (non-hydrogen) atoms. The molecule has 0 fully saturated rings. The van der Waals surface area contributed by atoms with Crippen LogP contribution in [-0.4, -0.2) is 22.7 Å². The number of aryl methyl sites for hydroxylation is 1. The number of ether oxygens (including phenoxy) is 1. The lowest BCUT2D eigenvalue weighted by molar-refractivity contribution is 0.102. The standard InChI is InChI=1S/C15H19N3O2/c1-10(2)9-20-13-6-4-12(5-7-13)15(19)16-14-8-11(3)17-18-14/h4-8,10H,9H2,1-3H3,(H2,16,17,18,19). The zero-order chi connectivity index (χ0) is 14.5. The van der Waals surface area contributed by atoms with Crippen molar-refractivity contribution in [1.29, 1.82) is 0 Å². The Bertz CT molecular complexity index is 573. The Hall–Kier alpha value is -2.30. The highest BCUT2D eigenvalue weighted by atomic mass is 16.5. The highest BCUT2D eigenvalue weighted by molar-refractivity contribution is 6.03. The molecule has 0 bridgehead atoms. The summed E-state index contributed by atoms with van der Waals surface area (Å²) in [5, 5.41) is 9.47. The molecule has 1 heterocycles. The molecule has 1 aromatic carbocycles. The Labute approximate surface area is 118 Å². The van der Waals surface area contributed by atoms with E-state index in [0.29, 0.717) is 23.9 Å². The van der Waals surface area contributed by atoms with E-state index in [1.807, 2.05) is 6.92 Å². The number of nitrogens with zero attached hydrogens (tertiary/aromatic N) is 1. The molecule has 2 rings (SSSR count). The number of aromatic nitrogens is 2. The number of benzene rings is 1. The zero-order valence-corrected chi connectivity index (χ0v) is 11.9. The highest BCUT2D eigenvalue weighted by Crippen LogP contribution is 2.14. The summed E-state index contributed by atoms with van der Waals surface area (Å²) in [6.07, 6.45) is 0. The number of carbonyl (C=O) groups excluding carboxylic acids is 1. The lowest BCUT2D eigenvalue weighted by Crippen LogP contribution is -2.12. The summed E-state index contributed by atoms with van der Waals surface area (Å²) >= 11 is 0. The third-order valence-corrected chi connectivity index (χ3v) is 2.65. The number of aromatic amines is 1. The fraction of sp³-hybridized carbons (Fsp3) is 0.333. The van der Waals surface area contributed by atoms with E-state index in [4.69, 9.17) is 4.74 Å². The highest BCUT2D eigenvalue weighted by Gasteiger charge is 2.08. The molecule has 106 valence electrons. The van der Waals surface area contributed by atoms with Gasteiger partial charge in [0.1, 0.15) is 5.75 Å². The molecule has 0 aliphatic heterocycles. The van der Waals surface area contributed by atoms with Crippen LogP contribution in [-0.2, 0) is 0 Å². The van der Waals surface area contributed by atoms with Gasteiger partial charge in [0, 0.05) is 17.3 Å². The first-order chi connectivity index (χ1) is 9.54. The maximum absolute atomic E-state index is 12.0. The predicted octanol–water partition coefficient (Wildman–Crippen LogP) is 3.01. The third kappa shape index (κ3) is 3.85. The minimum absolute atomic E-state index is 0.188. The molecule has 5 heteroatoms. The average molecular weight is 273 g/mol. The zero-order valence-electron chi connectivity index (χ0n) is 11.9. The molecule has 0 aliphatic carbocycles. The van der Waals surface area contributed by atoms with Gasteiger partial charge in [0.15, 0.2) is 5.82 Å². The summed E-state index contributed by atoms with van der Waals surface area (Å²) in [7, 11) is 0. The Morgan fingerprint density at radius 3 is 2.60 bits per heavy atom. The summed E-state index contributed by atoms with van der Waals surface area (Å²) in [4.78, 5) is 12.0. The third-order valence-electron chi connectivity index (χ3n) is 2.65. The van der Waals surface area contributed by atoms with Crippen LogP contribution >= 0.6 is 0 Å². The normalized spacial score (nSPS) is 10.6. The van der Waals surface area contributed by atoms with Gasteiger partial charge in [0.05, 0.1) is 6.61 Å². The van der Waals surface area contributed by atoms with Crippen LogP contribution in [0.15, 0.2) is 30.3 Å². The fourth-order valence-electron chi connectivity index (χ4n) is 1.64. The summed E-state index contributed by atoms with van der Waals surface area (Å²) < 4.78 is 5.57. The topological polar surface area (TPSA) is 67.0 Å². The van der Waals surface area contributed by atoms with E-state index >= 15 is 0 Å². The van der Waals surface area contributed by atoms with Gasteiger partial charge >= 0.3 is 0 Å². The summed E-state index contributed by atoms with van der Waals surface area (Å²) in [5.41, 5.74) is 1.47. The molecule has 0 atom stereocenters. The van der Waals surface area contributed by atoms with Gasteiger partial charge in [-0.1, -0.05) is 13.8 Å². The number of anilines is 1. The van der Waals surface area contributed by atoms with Crippen LogP contribution in [0.4, 0.5) is 5.82 Å². The molecule has 0 spiro atoms. The van der Waals surface area contributed by atoms with Crippen molar-refractivity contribution in [1.82, 2.24) is 10.2 Å². The number of nitrogens with one attached hydrogen (secondary N) is 2. The Morgan fingerprint density at radius 1 is 1.35 bits per heavy atom. The molecule has 0 saturated carbocycles. The van der Waals surface area contributed by atoms with Gasteiger partial charge in [-0.25, -0.2) is 0 Å². The Morgan fingerprint density at radius 2 is 2.05 bits per heavy atom. The van der Waals surface area contributed by atoms with Crippen molar-refractivity contribution in [3.8, 4) is 5.75 Å². The first-order valence-corrected chi connectivity index (χ1v) is 6.61. The molecule has 1 aromatic heterocycles. The summed E-state index contributed by atoms with van der Waals surface area (Å²) in [5.74, 6) is 1.58. The van der Waals surface area contributed by atoms with E-state index in [-0.39, 0.29) is 5.91 Å². The van der Waals surface area contributed by atoms with E-state index in [2.05, 4.69) is 29.4 Å². The van der Waals surface area contributed by atoms with Gasteiger partial charge in [0.2, 0.25) is 0 Å². The second kappa shape index (κ2) is 6.23. The number of carbonyl (C=O) groups is 1. The number of hydrogen-bond acceptors (Lipinski definition) is 3. The van der Waals surface area contributed by atoms with Crippen molar-refractivity contribution >= 4 is 11.7 Å². The fourth-order valence-corrected chi connectivity index (χ4v) is 1.64. The van der Waals surface area contributed by atoms with E-state index in [9.17, 15) is 4.79 Å². The molecule has 0 saturated heterocycles. The summed E-state index contributed by atoms with van der Waals surface area (Å²) in [6, 6.07) is 8.85. The molecule has 0 unspecified atom stereocenters. The largest absolute Gasteiger partial charge is 0.493 e. The van der Waals surface area contributed by atoms with Crippen LogP contribution in [0.1, 0.15) is 29.9 Å². The van der Waals surface area contributed by atoms with Crippen LogP contribution in [0.25, 0.3) is 0 Å². The van der Waals surface area contributed by atoms with Gasteiger partial charge in [-0.2, -0.15) is 5.10 Å². The smallest absolute Gasteiger partial charge is 0.256 e. The molecular formula is C15H19N3O2. The molecule has 0 aliphatic rings. The van der Waals surface area contributed by atoms with E-state index in [1.54, 1.807) is 30.3 Å². The van der Waals surface area contributed by atoms with Crippen LogP contribution in [0.3, 0.4) is 0 Å². The minimum Gasteiger partial charge on any atom is -0.493 e. The van der Waals surface area contributed by atoms with Crippen molar-refractivity contribution in [3.63, 3.8) is 0 Å². The number of H-pyrrole nitrogens is 1. The van der Waals surface area contributed by atoms with Crippen molar-refractivity contribution in [3.05, 3.63) is 41.6 Å². The maximum Gasteiger partial charge on any atom is 0.256 e. The molecule has 5 nitrogen and oxygen atoms in total. The lowest BCUT2D eigenvalue weighted by atomic mass is 10.2. The van der Waals surface area contributed by atoms with Gasteiger partial charge in [0.25, 0.3) is 5.91 Å². The van der Waals surface area contributed by atoms with Gasteiger partial charge < -0.3 is 10.1 Å². The number of amides is 1. The summed E-state index contributed by atoms with van der Waals surface area (Å²) in [6.45, 7) is 6.73. The molecule has 2 aromatic rings. The lowest BCUT2D eigenvalue weighted by Gasteiger charge is -2.09. The van der Waals surface area contributed by atoms with E-state index < -0.39 is 0 Å². The van der Waals surface area contributed by atoms with Gasteiger partial charge in [-0.3, -0.25) is 9.89 Å². The number of hydrogen-bond donors (Lipinski definition) is 2. The molecule has 1 amide bonds. The molecular weight excluding hydrogens is 254 g/mol. The average Bonchev–Trinajstić information content (AvgIpc) is 2.82. The van der Waals surface area contributed by atoms with Gasteiger partial charge in [-0.15, -0.1) is 0 Å². The van der Waals surface area contributed by atoms with E-state index in [0.717, 1.165) is 11.4 Å². The first kappa shape index (κ1) is 14.1. The molecule has 0 radical (unpaired) electrons. The van der Waals surface area contributed by atoms with E-state index in [1.165, 1.54) is 0 Å². The van der Waals surface area contributed by atoms with Crippen LogP contribution in [0, 0.1) is 12.8 Å². The van der Waals surface area contributed by atoms with Gasteiger partial charge in [-0.05, 0) is 37.1 Å². The van der Waals surface area contributed by atoms with Crippen LogP contribution < -0.4 is 10.1 Å². The Kier molecular flexibility index (Phi) is 4.40. The quantitative estimate of drug-likeness (QED) is 0.880. The minimum atomic E-state index is -0.188. The SMILES string of the molecule is Cc1cc(NC(=O)c2ccc(OCC(C)C)cc2)n[nH]1. The maximum atomic E-state index is 12.0. The monoisotopic (exact) mass is 273 g/mol. The van der Waals surface area contributed by atoms with Crippen molar-refractivity contribution in [2.24, 2.45) is 5.92 Å². The van der Waals surface area contributed by atoms with Crippen LogP contribution in [0.2, 0.25) is 0 Å². The van der Waals surface area contributed by atoms with Crippen molar-refractivity contribution < 1.29 is 9.53 Å². The predicted molar refractivity (Wildman–Crippen MR) is 78.1 cm³/mol. The first-order valence-electron chi connectivity index (χ1n) is 6.61. The van der Waals surface area contributed by atoms with Crippen molar-refractivity contribution in [2.75, 3.05) is 11.9 Å². The van der Waals surface area contributed by atoms with Crippen LogP contribution in [0.5, 0.6) is 5.75 Å². The van der Waals surface area contributed by atoms with Crippen molar-refractivity contribution in [2.45, 2.75) is 20.8 Å². The Balaban J connectivity index is 1.96. The second-order valence-electron chi connectivity index (χ2n) is 5.12. The molecule has 2 N–H and O–H groups in total. The second-order valence-corrected chi connectivity index (χ2v) is 5.12.